The first-order valence-electron chi connectivity index (χ1n) is 6.69. The quantitative estimate of drug-likeness (QED) is 0.817. The summed E-state index contributed by atoms with van der Waals surface area (Å²) in [5.74, 6) is -0.188. The highest BCUT2D eigenvalue weighted by atomic mass is 16.1. The van der Waals surface area contributed by atoms with E-state index in [1.165, 1.54) is 0 Å². The van der Waals surface area contributed by atoms with Crippen LogP contribution < -0.4 is 11.1 Å². The average Bonchev–Trinajstić information content (AvgIpc) is 2.47. The summed E-state index contributed by atoms with van der Waals surface area (Å²) in [4.78, 5) is 16.1. The minimum Gasteiger partial charge on any atom is -0.399 e. The molecule has 2 rings (SSSR count). The Labute approximate surface area is 119 Å². The molecule has 3 N–H and O–H groups in total. The predicted molar refractivity (Wildman–Crippen MR) is 80.2 cm³/mol. The summed E-state index contributed by atoms with van der Waals surface area (Å²) in [5.41, 5.74) is 8.46. The minimum atomic E-state index is -0.201. The van der Waals surface area contributed by atoms with Gasteiger partial charge < -0.3 is 11.1 Å². The van der Waals surface area contributed by atoms with Gasteiger partial charge >= 0.3 is 0 Å². The molecular formula is C16H19N3O. The average molecular weight is 269 g/mol. The third kappa shape index (κ3) is 3.82. The van der Waals surface area contributed by atoms with E-state index in [-0.39, 0.29) is 11.8 Å². The lowest BCUT2D eigenvalue weighted by Gasteiger charge is -2.13. The van der Waals surface area contributed by atoms with E-state index in [9.17, 15) is 4.79 Å². The van der Waals surface area contributed by atoms with Gasteiger partial charge in [0.25, 0.3) is 0 Å². The van der Waals surface area contributed by atoms with Crippen molar-refractivity contribution in [3.8, 4) is 0 Å². The molecule has 104 valence electrons. The van der Waals surface area contributed by atoms with Gasteiger partial charge in [-0.25, -0.2) is 0 Å². The maximum absolute atomic E-state index is 12.1. The summed E-state index contributed by atoms with van der Waals surface area (Å²) in [5, 5.41) is 2.94. The number of carbonyl (C=O) groups is 1. The largest absolute Gasteiger partial charge is 0.399 e. The van der Waals surface area contributed by atoms with Gasteiger partial charge in [-0.05, 0) is 42.7 Å². The lowest BCUT2D eigenvalue weighted by Crippen LogP contribution is -2.29. The van der Waals surface area contributed by atoms with E-state index in [1.54, 1.807) is 6.20 Å². The second kappa shape index (κ2) is 6.70. The van der Waals surface area contributed by atoms with Crippen molar-refractivity contribution < 1.29 is 4.79 Å². The number of rotatable bonds is 5. The molecule has 2 aromatic rings. The number of anilines is 1. The van der Waals surface area contributed by atoms with Gasteiger partial charge in [-0.1, -0.05) is 18.2 Å². The van der Waals surface area contributed by atoms with Gasteiger partial charge in [0.05, 0.1) is 5.92 Å². The molecular weight excluding hydrogens is 250 g/mol. The van der Waals surface area contributed by atoms with Crippen molar-refractivity contribution in [2.24, 2.45) is 0 Å². The van der Waals surface area contributed by atoms with Gasteiger partial charge in [0.15, 0.2) is 0 Å². The fourth-order valence-electron chi connectivity index (χ4n) is 2.01. The molecule has 4 heteroatoms. The van der Waals surface area contributed by atoms with E-state index in [4.69, 9.17) is 5.73 Å². The molecule has 4 nitrogen and oxygen atoms in total. The predicted octanol–water partition coefficient (Wildman–Crippen LogP) is 2.13. The fraction of sp³-hybridized carbons (Fsp3) is 0.250. The molecule has 20 heavy (non-hydrogen) atoms. The Morgan fingerprint density at radius 1 is 1.35 bits per heavy atom. The highest BCUT2D eigenvalue weighted by molar-refractivity contribution is 5.83. The van der Waals surface area contributed by atoms with E-state index >= 15 is 0 Å². The summed E-state index contributed by atoms with van der Waals surface area (Å²) < 4.78 is 0. The molecule has 0 saturated carbocycles. The Kier molecular flexibility index (Phi) is 4.71. The number of carbonyl (C=O) groups excluding carboxylic acids is 1. The number of hydrogen-bond acceptors (Lipinski definition) is 3. The second-order valence-corrected chi connectivity index (χ2v) is 4.79. The zero-order valence-corrected chi connectivity index (χ0v) is 11.5. The van der Waals surface area contributed by atoms with Crippen LogP contribution in [0.4, 0.5) is 5.69 Å². The van der Waals surface area contributed by atoms with Crippen molar-refractivity contribution >= 4 is 11.6 Å². The summed E-state index contributed by atoms with van der Waals surface area (Å²) in [7, 11) is 0. The van der Waals surface area contributed by atoms with Crippen LogP contribution in [0.5, 0.6) is 0 Å². The Morgan fingerprint density at radius 3 is 2.90 bits per heavy atom. The summed E-state index contributed by atoms with van der Waals surface area (Å²) in [6, 6.07) is 11.3. The maximum atomic E-state index is 12.1. The van der Waals surface area contributed by atoms with Gasteiger partial charge in [-0.15, -0.1) is 0 Å². The molecule has 0 spiro atoms. The molecule has 0 aliphatic rings. The van der Waals surface area contributed by atoms with Crippen LogP contribution in [0.15, 0.2) is 48.8 Å². The Hall–Kier alpha value is -2.36. The van der Waals surface area contributed by atoms with Gasteiger partial charge in [0, 0.05) is 24.6 Å². The van der Waals surface area contributed by atoms with Crippen LogP contribution in [-0.2, 0) is 11.2 Å². The topological polar surface area (TPSA) is 68.0 Å². The highest BCUT2D eigenvalue weighted by Gasteiger charge is 2.14. The monoisotopic (exact) mass is 269 g/mol. The zero-order chi connectivity index (χ0) is 14.4. The van der Waals surface area contributed by atoms with E-state index in [0.29, 0.717) is 12.2 Å². The van der Waals surface area contributed by atoms with Crippen molar-refractivity contribution in [3.05, 3.63) is 59.9 Å². The molecule has 1 aromatic carbocycles. The molecule has 1 unspecified atom stereocenters. The first-order chi connectivity index (χ1) is 9.66. The number of nitrogens with two attached hydrogens (primary N) is 1. The van der Waals surface area contributed by atoms with E-state index in [0.717, 1.165) is 17.5 Å². The second-order valence-electron chi connectivity index (χ2n) is 4.79. The Bertz CT molecular complexity index is 569. The first kappa shape index (κ1) is 14.1. The normalized spacial score (nSPS) is 11.8. The third-order valence-electron chi connectivity index (χ3n) is 3.24. The molecule has 1 heterocycles. The summed E-state index contributed by atoms with van der Waals surface area (Å²) in [6.45, 7) is 2.49. The SMILES string of the molecule is CC(C(=O)NCCc1cccnc1)c1cccc(N)c1. The van der Waals surface area contributed by atoms with Crippen LogP contribution in [0.3, 0.4) is 0 Å². The van der Waals surface area contributed by atoms with Crippen molar-refractivity contribution in [1.29, 1.82) is 0 Å². The molecule has 1 aromatic heterocycles. The van der Waals surface area contributed by atoms with Gasteiger partial charge in [-0.3, -0.25) is 9.78 Å². The lowest BCUT2D eigenvalue weighted by molar-refractivity contribution is -0.122. The molecule has 0 radical (unpaired) electrons. The standard InChI is InChI=1S/C16H19N3O/c1-12(14-5-2-6-15(17)10-14)16(20)19-9-7-13-4-3-8-18-11-13/h2-6,8,10-12H,7,9,17H2,1H3,(H,19,20). The van der Waals surface area contributed by atoms with E-state index < -0.39 is 0 Å². The lowest BCUT2D eigenvalue weighted by atomic mass is 10.00. The number of nitrogen functional groups attached to an aromatic ring is 1. The van der Waals surface area contributed by atoms with Gasteiger partial charge in [-0.2, -0.15) is 0 Å². The molecule has 1 atom stereocenters. The van der Waals surface area contributed by atoms with Crippen LogP contribution in [0.25, 0.3) is 0 Å². The van der Waals surface area contributed by atoms with Crippen molar-refractivity contribution in [1.82, 2.24) is 10.3 Å². The fourth-order valence-corrected chi connectivity index (χ4v) is 2.01. The maximum Gasteiger partial charge on any atom is 0.227 e. The van der Waals surface area contributed by atoms with E-state index in [1.807, 2.05) is 49.5 Å². The van der Waals surface area contributed by atoms with E-state index in [2.05, 4.69) is 10.3 Å². The number of benzene rings is 1. The van der Waals surface area contributed by atoms with Crippen LogP contribution >= 0.6 is 0 Å². The molecule has 0 saturated heterocycles. The van der Waals surface area contributed by atoms with Gasteiger partial charge in [0.1, 0.15) is 0 Å². The van der Waals surface area contributed by atoms with Crippen LogP contribution in [0, 0.1) is 0 Å². The molecule has 0 fully saturated rings. The number of hydrogen-bond donors (Lipinski definition) is 2. The Morgan fingerprint density at radius 2 is 2.20 bits per heavy atom. The number of nitrogens with zero attached hydrogens (tertiary/aromatic N) is 1. The third-order valence-corrected chi connectivity index (χ3v) is 3.24. The smallest absolute Gasteiger partial charge is 0.227 e. The molecule has 0 bridgehead atoms. The van der Waals surface area contributed by atoms with Crippen molar-refractivity contribution in [2.45, 2.75) is 19.3 Å². The molecule has 1 amide bonds. The molecule has 0 aliphatic carbocycles. The van der Waals surface area contributed by atoms with Crippen LogP contribution in [0.1, 0.15) is 24.0 Å². The highest BCUT2D eigenvalue weighted by Crippen LogP contribution is 2.17. The molecule has 0 aliphatic heterocycles. The number of pyridine rings is 1. The van der Waals surface area contributed by atoms with Gasteiger partial charge in [0.2, 0.25) is 5.91 Å². The van der Waals surface area contributed by atoms with Crippen molar-refractivity contribution in [2.75, 3.05) is 12.3 Å². The first-order valence-corrected chi connectivity index (χ1v) is 6.69. The zero-order valence-electron chi connectivity index (χ0n) is 11.5. The van der Waals surface area contributed by atoms with Crippen LogP contribution in [-0.4, -0.2) is 17.4 Å². The Balaban J connectivity index is 1.85. The minimum absolute atomic E-state index is 0.0134. The summed E-state index contributed by atoms with van der Waals surface area (Å²) in [6.07, 6.45) is 4.33. The number of amides is 1. The van der Waals surface area contributed by atoms with Crippen molar-refractivity contribution in [3.63, 3.8) is 0 Å². The number of aromatic nitrogens is 1. The van der Waals surface area contributed by atoms with Crippen LogP contribution in [0.2, 0.25) is 0 Å². The number of nitrogens with one attached hydrogen (secondary N) is 1. The summed E-state index contributed by atoms with van der Waals surface area (Å²) >= 11 is 0.